The number of hydrogen-bond acceptors (Lipinski definition) is 3. The molecule has 0 amide bonds. The molecule has 0 bridgehead atoms. The zero-order chi connectivity index (χ0) is 11.8. The summed E-state index contributed by atoms with van der Waals surface area (Å²) in [6, 6.07) is 6.02. The number of fused-ring (bicyclic) bond motifs is 1. The number of hydrogen-bond donors (Lipinski definition) is 0. The highest BCUT2D eigenvalue weighted by atomic mass is 16.5. The minimum absolute atomic E-state index is 0.157. The average molecular weight is 221 g/mol. The van der Waals surface area contributed by atoms with Crippen LogP contribution in [-0.4, -0.2) is 24.3 Å². The Kier molecular flexibility index (Phi) is 2.80. The molecule has 0 aromatic heterocycles. The van der Waals surface area contributed by atoms with Gasteiger partial charge in [-0.15, -0.1) is 0 Å². The average Bonchev–Trinajstić information content (AvgIpc) is 2.14. The van der Waals surface area contributed by atoms with Gasteiger partial charge in [0.15, 0.2) is 0 Å². The van der Waals surface area contributed by atoms with Crippen molar-refractivity contribution in [2.45, 2.75) is 32.9 Å². The predicted octanol–water partition coefficient (Wildman–Crippen LogP) is 2.65. The lowest BCUT2D eigenvalue weighted by Gasteiger charge is -2.27. The Bertz CT molecular complexity index is 382. The van der Waals surface area contributed by atoms with E-state index < -0.39 is 0 Å². The molecule has 2 rings (SSSR count). The molecular weight excluding hydrogens is 202 g/mol. The molecule has 1 aromatic carbocycles. The van der Waals surface area contributed by atoms with Crippen molar-refractivity contribution in [3.05, 3.63) is 23.8 Å². The van der Waals surface area contributed by atoms with Crippen molar-refractivity contribution in [1.29, 1.82) is 0 Å². The van der Waals surface area contributed by atoms with E-state index in [9.17, 15) is 0 Å². The topological polar surface area (TPSA) is 21.7 Å². The first kappa shape index (κ1) is 11.3. The van der Waals surface area contributed by atoms with Gasteiger partial charge in [0.05, 0.1) is 0 Å². The van der Waals surface area contributed by atoms with Gasteiger partial charge in [0.25, 0.3) is 0 Å². The summed E-state index contributed by atoms with van der Waals surface area (Å²) in [5.74, 6) is 1.88. The molecule has 0 unspecified atom stereocenters. The number of nitrogens with zero attached hydrogens (tertiary/aromatic N) is 1. The predicted molar refractivity (Wildman–Crippen MR) is 63.8 cm³/mol. The van der Waals surface area contributed by atoms with Crippen LogP contribution in [0.1, 0.15) is 26.3 Å². The first-order chi connectivity index (χ1) is 7.44. The lowest BCUT2D eigenvalue weighted by molar-refractivity contribution is 0.116. The number of rotatable bonds is 1. The van der Waals surface area contributed by atoms with Gasteiger partial charge in [-0.25, -0.2) is 0 Å². The van der Waals surface area contributed by atoms with Gasteiger partial charge in [0, 0.05) is 12.1 Å². The standard InChI is InChI=1S/C13H19NO2/c1-13(2,3)16-11-5-6-12-10(7-11)8-14(4)9-15-12/h5-7H,8-9H2,1-4H3. The van der Waals surface area contributed by atoms with E-state index in [4.69, 9.17) is 9.47 Å². The molecule has 0 saturated heterocycles. The smallest absolute Gasteiger partial charge is 0.142 e. The summed E-state index contributed by atoms with van der Waals surface area (Å²) in [6.07, 6.45) is 0. The fourth-order valence-electron chi connectivity index (χ4n) is 1.75. The van der Waals surface area contributed by atoms with E-state index in [1.807, 2.05) is 19.2 Å². The highest BCUT2D eigenvalue weighted by Gasteiger charge is 2.17. The molecule has 1 aliphatic rings. The first-order valence-corrected chi connectivity index (χ1v) is 5.57. The maximum atomic E-state index is 5.83. The zero-order valence-corrected chi connectivity index (χ0v) is 10.4. The molecule has 3 heteroatoms. The summed E-state index contributed by atoms with van der Waals surface area (Å²) in [4.78, 5) is 2.13. The maximum Gasteiger partial charge on any atom is 0.142 e. The normalized spacial score (nSPS) is 16.5. The van der Waals surface area contributed by atoms with Gasteiger partial charge in [-0.1, -0.05) is 0 Å². The highest BCUT2D eigenvalue weighted by molar-refractivity contribution is 5.41. The van der Waals surface area contributed by atoms with Gasteiger partial charge in [-0.3, -0.25) is 4.90 Å². The SMILES string of the molecule is CN1COc2ccc(OC(C)(C)C)cc2C1. The van der Waals surface area contributed by atoms with Crippen molar-refractivity contribution in [3.8, 4) is 11.5 Å². The van der Waals surface area contributed by atoms with Gasteiger partial charge < -0.3 is 9.47 Å². The van der Waals surface area contributed by atoms with Crippen molar-refractivity contribution in [2.75, 3.05) is 13.8 Å². The largest absolute Gasteiger partial charge is 0.488 e. The third-order valence-electron chi connectivity index (χ3n) is 2.34. The van der Waals surface area contributed by atoms with Gasteiger partial charge in [-0.2, -0.15) is 0 Å². The fraction of sp³-hybridized carbons (Fsp3) is 0.538. The molecule has 88 valence electrons. The van der Waals surface area contributed by atoms with Gasteiger partial charge in [-0.05, 0) is 46.0 Å². The minimum Gasteiger partial charge on any atom is -0.488 e. The molecule has 1 aliphatic heterocycles. The monoisotopic (exact) mass is 221 g/mol. The molecule has 3 nitrogen and oxygen atoms in total. The Morgan fingerprint density at radius 1 is 1.31 bits per heavy atom. The van der Waals surface area contributed by atoms with E-state index in [0.29, 0.717) is 6.73 Å². The van der Waals surface area contributed by atoms with Crippen LogP contribution < -0.4 is 9.47 Å². The van der Waals surface area contributed by atoms with Crippen LogP contribution in [-0.2, 0) is 6.54 Å². The third kappa shape index (κ3) is 2.67. The third-order valence-corrected chi connectivity index (χ3v) is 2.34. The Labute approximate surface area is 97.0 Å². The summed E-state index contributed by atoms with van der Waals surface area (Å²) in [7, 11) is 2.04. The van der Waals surface area contributed by atoms with Crippen LogP contribution in [0.4, 0.5) is 0 Å². The maximum absolute atomic E-state index is 5.83. The van der Waals surface area contributed by atoms with Crippen molar-refractivity contribution >= 4 is 0 Å². The molecule has 1 aromatic rings. The summed E-state index contributed by atoms with van der Waals surface area (Å²) >= 11 is 0. The van der Waals surface area contributed by atoms with Crippen molar-refractivity contribution in [1.82, 2.24) is 4.90 Å². The van der Waals surface area contributed by atoms with Crippen LogP contribution in [0.5, 0.6) is 11.5 Å². The molecule has 0 N–H and O–H groups in total. The lowest BCUT2D eigenvalue weighted by atomic mass is 10.1. The lowest BCUT2D eigenvalue weighted by Crippen LogP contribution is -2.28. The van der Waals surface area contributed by atoms with E-state index in [1.165, 1.54) is 5.56 Å². The van der Waals surface area contributed by atoms with E-state index in [0.717, 1.165) is 18.0 Å². The van der Waals surface area contributed by atoms with Crippen molar-refractivity contribution in [2.24, 2.45) is 0 Å². The molecule has 0 radical (unpaired) electrons. The highest BCUT2D eigenvalue weighted by Crippen LogP contribution is 2.29. The van der Waals surface area contributed by atoms with Crippen LogP contribution in [0.25, 0.3) is 0 Å². The van der Waals surface area contributed by atoms with E-state index >= 15 is 0 Å². The summed E-state index contributed by atoms with van der Waals surface area (Å²) in [5, 5.41) is 0. The second-order valence-corrected chi connectivity index (χ2v) is 5.27. The molecule has 1 heterocycles. The van der Waals surface area contributed by atoms with Crippen LogP contribution >= 0.6 is 0 Å². The molecule has 0 saturated carbocycles. The summed E-state index contributed by atoms with van der Waals surface area (Å²) in [5.41, 5.74) is 1.03. The van der Waals surface area contributed by atoms with Crippen LogP contribution in [0, 0.1) is 0 Å². The van der Waals surface area contributed by atoms with E-state index in [2.05, 4.69) is 31.7 Å². The summed E-state index contributed by atoms with van der Waals surface area (Å²) < 4.78 is 11.4. The van der Waals surface area contributed by atoms with Gasteiger partial charge >= 0.3 is 0 Å². The molecule has 0 aliphatic carbocycles. The minimum atomic E-state index is -0.157. The van der Waals surface area contributed by atoms with Gasteiger partial charge in [0.2, 0.25) is 0 Å². The van der Waals surface area contributed by atoms with E-state index in [1.54, 1.807) is 0 Å². The molecular formula is C13H19NO2. The van der Waals surface area contributed by atoms with Gasteiger partial charge in [0.1, 0.15) is 23.8 Å². The number of benzene rings is 1. The second-order valence-electron chi connectivity index (χ2n) is 5.27. The van der Waals surface area contributed by atoms with Crippen LogP contribution in [0.2, 0.25) is 0 Å². The Balaban J connectivity index is 2.21. The van der Waals surface area contributed by atoms with Crippen LogP contribution in [0.3, 0.4) is 0 Å². The Morgan fingerprint density at radius 2 is 2.06 bits per heavy atom. The zero-order valence-electron chi connectivity index (χ0n) is 10.4. The van der Waals surface area contributed by atoms with Crippen molar-refractivity contribution in [3.63, 3.8) is 0 Å². The Hall–Kier alpha value is -1.22. The molecule has 0 fully saturated rings. The molecule has 0 atom stereocenters. The fourth-order valence-corrected chi connectivity index (χ4v) is 1.75. The second kappa shape index (κ2) is 3.98. The Morgan fingerprint density at radius 3 is 2.75 bits per heavy atom. The van der Waals surface area contributed by atoms with E-state index in [-0.39, 0.29) is 5.60 Å². The quantitative estimate of drug-likeness (QED) is 0.727. The van der Waals surface area contributed by atoms with Crippen LogP contribution in [0.15, 0.2) is 18.2 Å². The molecule has 16 heavy (non-hydrogen) atoms. The molecule has 0 spiro atoms. The van der Waals surface area contributed by atoms with Crippen molar-refractivity contribution < 1.29 is 9.47 Å². The first-order valence-electron chi connectivity index (χ1n) is 5.57. The number of ether oxygens (including phenoxy) is 2. The summed E-state index contributed by atoms with van der Waals surface area (Å²) in [6.45, 7) is 7.72.